The van der Waals surface area contributed by atoms with Crippen LogP contribution in [0.5, 0.6) is 0 Å². The largest absolute Gasteiger partial charge is 0.368 e. The van der Waals surface area contributed by atoms with Gasteiger partial charge in [-0.25, -0.2) is 0 Å². The quantitative estimate of drug-likeness (QED) is 0.822. The summed E-state index contributed by atoms with van der Waals surface area (Å²) in [6, 6.07) is 12.4. The molecule has 2 N–H and O–H groups in total. The number of hydrogen-bond donors (Lipinski definition) is 2. The van der Waals surface area contributed by atoms with Crippen molar-refractivity contribution in [2.24, 2.45) is 0 Å². The van der Waals surface area contributed by atoms with Gasteiger partial charge >= 0.3 is 0 Å². The first-order valence-corrected chi connectivity index (χ1v) is 8.13. The van der Waals surface area contributed by atoms with E-state index in [1.807, 2.05) is 18.2 Å². The second kappa shape index (κ2) is 8.21. The van der Waals surface area contributed by atoms with E-state index in [1.165, 1.54) is 6.08 Å². The fourth-order valence-corrected chi connectivity index (χ4v) is 2.46. The maximum Gasteiger partial charge on any atom is 0.253 e. The Kier molecular flexibility index (Phi) is 5.53. The van der Waals surface area contributed by atoms with E-state index in [0.29, 0.717) is 23.7 Å². The van der Waals surface area contributed by atoms with Gasteiger partial charge < -0.3 is 15.4 Å². The van der Waals surface area contributed by atoms with E-state index in [4.69, 9.17) is 4.74 Å². The molecule has 1 aliphatic heterocycles. The molecule has 1 atom stereocenters. The number of carbonyl (C=O) groups excluding carboxylic acids is 2. The lowest BCUT2D eigenvalue weighted by molar-refractivity contribution is -0.124. The Hall–Kier alpha value is -2.99. The fourth-order valence-electron chi connectivity index (χ4n) is 2.46. The molecule has 1 aliphatic rings. The monoisotopic (exact) mass is 337 g/mol. The molecule has 0 aliphatic carbocycles. The highest BCUT2D eigenvalue weighted by atomic mass is 16.5. The highest BCUT2D eigenvalue weighted by Gasteiger charge is 2.23. The van der Waals surface area contributed by atoms with Gasteiger partial charge in [0.2, 0.25) is 5.91 Å². The Labute approximate surface area is 145 Å². The van der Waals surface area contributed by atoms with Gasteiger partial charge in [0.05, 0.1) is 5.69 Å². The first-order valence-electron chi connectivity index (χ1n) is 8.13. The molecule has 1 fully saturated rings. The number of aromatic nitrogens is 1. The van der Waals surface area contributed by atoms with Gasteiger partial charge in [-0.3, -0.25) is 14.6 Å². The first kappa shape index (κ1) is 16.9. The van der Waals surface area contributed by atoms with Crippen LogP contribution in [0.1, 0.15) is 18.5 Å². The normalized spacial score (nSPS) is 16.7. The molecule has 6 nitrogen and oxygen atoms in total. The zero-order valence-electron chi connectivity index (χ0n) is 13.6. The highest BCUT2D eigenvalue weighted by molar-refractivity contribution is 6.02. The molecule has 1 aromatic carbocycles. The average Bonchev–Trinajstić information content (AvgIpc) is 3.17. The molecule has 2 aromatic rings. The lowest BCUT2D eigenvalue weighted by Gasteiger charge is -2.11. The summed E-state index contributed by atoms with van der Waals surface area (Å²) in [7, 11) is 0. The molecule has 6 heteroatoms. The molecule has 0 bridgehead atoms. The summed E-state index contributed by atoms with van der Waals surface area (Å²) in [6.45, 7) is 0.634. The van der Waals surface area contributed by atoms with Crippen LogP contribution in [0.15, 0.2) is 54.7 Å². The summed E-state index contributed by atoms with van der Waals surface area (Å²) in [6.07, 6.45) is 6.04. The number of nitrogens with one attached hydrogen (secondary N) is 2. The molecular weight excluding hydrogens is 318 g/mol. The van der Waals surface area contributed by atoms with Crippen LogP contribution in [0.25, 0.3) is 6.08 Å². The number of amides is 2. The standard InChI is InChI=1S/C19H19N3O3/c23-18(11-10-14-4-1-2-12-20-14)21-15-6-8-16(9-7-15)22-19(24)17-5-3-13-25-17/h1-2,4,6-12,17H,3,5,13H2,(H,21,23)(H,22,24)/b11-10+. The van der Waals surface area contributed by atoms with Crippen molar-refractivity contribution < 1.29 is 14.3 Å². The molecule has 1 aromatic heterocycles. The minimum absolute atomic E-state index is 0.132. The topological polar surface area (TPSA) is 80.3 Å². The Balaban J connectivity index is 1.52. The van der Waals surface area contributed by atoms with E-state index in [2.05, 4.69) is 15.6 Å². The summed E-state index contributed by atoms with van der Waals surface area (Å²) < 4.78 is 5.34. The van der Waals surface area contributed by atoms with Gasteiger partial charge in [-0.15, -0.1) is 0 Å². The smallest absolute Gasteiger partial charge is 0.253 e. The molecule has 128 valence electrons. The van der Waals surface area contributed by atoms with Crippen molar-refractivity contribution in [1.82, 2.24) is 4.98 Å². The van der Waals surface area contributed by atoms with Crippen molar-refractivity contribution in [2.45, 2.75) is 18.9 Å². The summed E-state index contributed by atoms with van der Waals surface area (Å²) in [5.74, 6) is -0.380. The number of nitrogens with zero attached hydrogens (tertiary/aromatic N) is 1. The SMILES string of the molecule is O=C(/C=C/c1ccccn1)Nc1ccc(NC(=O)C2CCCO2)cc1. The maximum absolute atomic E-state index is 12.0. The van der Waals surface area contributed by atoms with Gasteiger partial charge in [-0.1, -0.05) is 6.07 Å². The third-order valence-corrected chi connectivity index (χ3v) is 3.74. The van der Waals surface area contributed by atoms with Crippen LogP contribution in [0.4, 0.5) is 11.4 Å². The first-order chi connectivity index (χ1) is 12.2. The van der Waals surface area contributed by atoms with E-state index in [1.54, 1.807) is 36.5 Å². The molecule has 0 radical (unpaired) electrons. The number of pyridine rings is 1. The van der Waals surface area contributed by atoms with Crippen LogP contribution in [0, 0.1) is 0 Å². The number of benzene rings is 1. The molecule has 25 heavy (non-hydrogen) atoms. The molecule has 0 saturated carbocycles. The van der Waals surface area contributed by atoms with Crippen LogP contribution in [-0.2, 0) is 14.3 Å². The summed E-state index contributed by atoms with van der Waals surface area (Å²) in [4.78, 5) is 28.0. The van der Waals surface area contributed by atoms with Gasteiger partial charge in [0, 0.05) is 30.3 Å². The van der Waals surface area contributed by atoms with Crippen molar-refractivity contribution in [1.29, 1.82) is 0 Å². The summed E-state index contributed by atoms with van der Waals surface area (Å²) >= 11 is 0. The van der Waals surface area contributed by atoms with Crippen LogP contribution in [-0.4, -0.2) is 29.5 Å². The fraction of sp³-hybridized carbons (Fsp3) is 0.211. The summed E-state index contributed by atoms with van der Waals surface area (Å²) in [5.41, 5.74) is 2.03. The van der Waals surface area contributed by atoms with Crippen molar-refractivity contribution in [3.05, 3.63) is 60.4 Å². The van der Waals surface area contributed by atoms with E-state index in [-0.39, 0.29) is 17.9 Å². The average molecular weight is 337 g/mol. The minimum atomic E-state index is -0.365. The molecular formula is C19H19N3O3. The maximum atomic E-state index is 12.0. The highest BCUT2D eigenvalue weighted by Crippen LogP contribution is 2.17. The Morgan fingerprint density at radius 1 is 1.08 bits per heavy atom. The van der Waals surface area contributed by atoms with Crippen molar-refractivity contribution in [2.75, 3.05) is 17.2 Å². The molecule has 2 amide bonds. The van der Waals surface area contributed by atoms with Crippen LogP contribution < -0.4 is 10.6 Å². The second-order valence-corrected chi connectivity index (χ2v) is 5.65. The number of ether oxygens (including phenoxy) is 1. The zero-order chi connectivity index (χ0) is 17.5. The lowest BCUT2D eigenvalue weighted by Crippen LogP contribution is -2.26. The predicted octanol–water partition coefficient (Wildman–Crippen LogP) is 2.85. The number of anilines is 2. The molecule has 3 rings (SSSR count). The van der Waals surface area contributed by atoms with Gasteiger partial charge in [0.25, 0.3) is 5.91 Å². The Bertz CT molecular complexity index is 751. The van der Waals surface area contributed by atoms with Crippen molar-refractivity contribution in [3.8, 4) is 0 Å². The lowest BCUT2D eigenvalue weighted by atomic mass is 10.2. The van der Waals surface area contributed by atoms with Crippen molar-refractivity contribution in [3.63, 3.8) is 0 Å². The predicted molar refractivity (Wildman–Crippen MR) is 95.9 cm³/mol. The van der Waals surface area contributed by atoms with Crippen molar-refractivity contribution >= 4 is 29.3 Å². The molecule has 0 spiro atoms. The molecule has 2 heterocycles. The molecule has 1 unspecified atom stereocenters. The van der Waals surface area contributed by atoms with E-state index < -0.39 is 0 Å². The van der Waals surface area contributed by atoms with Gasteiger partial charge in [-0.05, 0) is 55.3 Å². The number of hydrogen-bond acceptors (Lipinski definition) is 4. The van der Waals surface area contributed by atoms with E-state index in [9.17, 15) is 9.59 Å². The Morgan fingerprint density at radius 2 is 1.84 bits per heavy atom. The van der Waals surface area contributed by atoms with Gasteiger partial charge in [0.15, 0.2) is 0 Å². The van der Waals surface area contributed by atoms with Gasteiger partial charge in [-0.2, -0.15) is 0 Å². The van der Waals surface area contributed by atoms with Crippen LogP contribution in [0.2, 0.25) is 0 Å². The summed E-state index contributed by atoms with van der Waals surface area (Å²) in [5, 5.41) is 5.57. The van der Waals surface area contributed by atoms with E-state index in [0.717, 1.165) is 12.8 Å². The second-order valence-electron chi connectivity index (χ2n) is 5.65. The number of carbonyl (C=O) groups is 2. The van der Waals surface area contributed by atoms with Crippen LogP contribution in [0.3, 0.4) is 0 Å². The minimum Gasteiger partial charge on any atom is -0.368 e. The Morgan fingerprint density at radius 3 is 2.48 bits per heavy atom. The third kappa shape index (κ3) is 4.99. The number of rotatable bonds is 5. The third-order valence-electron chi connectivity index (χ3n) is 3.74. The van der Waals surface area contributed by atoms with Crippen LogP contribution >= 0.6 is 0 Å². The van der Waals surface area contributed by atoms with E-state index >= 15 is 0 Å². The zero-order valence-corrected chi connectivity index (χ0v) is 13.6. The van der Waals surface area contributed by atoms with Gasteiger partial charge in [0.1, 0.15) is 6.10 Å². The molecule has 1 saturated heterocycles.